The predicted octanol–water partition coefficient (Wildman–Crippen LogP) is 2.78. The molecule has 7 nitrogen and oxygen atoms in total. The monoisotopic (exact) mass is 411 g/mol. The van der Waals surface area contributed by atoms with Gasteiger partial charge in [0.25, 0.3) is 0 Å². The number of guanidine groups is 1. The van der Waals surface area contributed by atoms with Crippen molar-refractivity contribution in [2.75, 3.05) is 57.9 Å². The van der Waals surface area contributed by atoms with E-state index in [2.05, 4.69) is 33.1 Å². The van der Waals surface area contributed by atoms with E-state index in [1.807, 2.05) is 42.6 Å². The van der Waals surface area contributed by atoms with Crippen molar-refractivity contribution >= 4 is 11.8 Å². The van der Waals surface area contributed by atoms with Gasteiger partial charge in [0.1, 0.15) is 11.6 Å². The number of hydrogen-bond acceptors (Lipinski definition) is 5. The molecule has 3 rings (SSSR count). The minimum absolute atomic E-state index is 0.614. The first-order valence-corrected chi connectivity index (χ1v) is 10.7. The lowest BCUT2D eigenvalue weighted by molar-refractivity contribution is 0.120. The first-order valence-electron chi connectivity index (χ1n) is 10.7. The van der Waals surface area contributed by atoms with E-state index in [1.54, 1.807) is 7.11 Å². The summed E-state index contributed by atoms with van der Waals surface area (Å²) >= 11 is 0. The number of nitrogens with zero attached hydrogens (tertiary/aromatic N) is 4. The number of aliphatic imine (C=N–C) groups is 1. The van der Waals surface area contributed by atoms with Crippen molar-refractivity contribution in [3.63, 3.8) is 0 Å². The molecule has 0 atom stereocenters. The van der Waals surface area contributed by atoms with E-state index in [0.717, 1.165) is 68.8 Å². The molecule has 30 heavy (non-hydrogen) atoms. The Labute approximate surface area is 179 Å². The minimum Gasteiger partial charge on any atom is -0.497 e. The van der Waals surface area contributed by atoms with Gasteiger partial charge in [0.05, 0.1) is 13.7 Å². The van der Waals surface area contributed by atoms with E-state index >= 15 is 0 Å². The quantitative estimate of drug-likeness (QED) is 0.389. The van der Waals surface area contributed by atoms with Gasteiger partial charge in [-0.05, 0) is 43.2 Å². The van der Waals surface area contributed by atoms with E-state index in [0.29, 0.717) is 13.2 Å². The molecule has 2 aromatic rings. The molecular formula is C23H33N5O2. The van der Waals surface area contributed by atoms with Gasteiger partial charge in [-0.2, -0.15) is 0 Å². The lowest BCUT2D eigenvalue weighted by Gasteiger charge is -2.37. The molecule has 1 aliphatic rings. The average molecular weight is 412 g/mol. The van der Waals surface area contributed by atoms with Crippen LogP contribution in [0.4, 0.5) is 5.82 Å². The van der Waals surface area contributed by atoms with E-state index in [9.17, 15) is 0 Å². The zero-order chi connectivity index (χ0) is 21.0. The number of nitrogens with one attached hydrogen (secondary N) is 1. The number of benzene rings is 1. The summed E-state index contributed by atoms with van der Waals surface area (Å²) in [5.41, 5.74) is 1.15. The first kappa shape index (κ1) is 21.9. The third kappa shape index (κ3) is 6.62. The molecule has 2 heterocycles. The van der Waals surface area contributed by atoms with E-state index in [-0.39, 0.29) is 0 Å². The van der Waals surface area contributed by atoms with Crippen LogP contribution in [0, 0.1) is 0 Å². The molecule has 0 amide bonds. The van der Waals surface area contributed by atoms with Crippen LogP contribution in [0.3, 0.4) is 0 Å². The number of ether oxygens (including phenoxy) is 2. The third-order valence-electron chi connectivity index (χ3n) is 5.02. The van der Waals surface area contributed by atoms with Crippen molar-refractivity contribution in [1.82, 2.24) is 15.2 Å². The fraction of sp³-hybridized carbons (Fsp3) is 0.478. The van der Waals surface area contributed by atoms with Crippen LogP contribution < -0.4 is 15.0 Å². The van der Waals surface area contributed by atoms with Gasteiger partial charge in [-0.25, -0.2) is 4.98 Å². The molecular weight excluding hydrogens is 378 g/mol. The Kier molecular flexibility index (Phi) is 8.78. The molecule has 0 bridgehead atoms. The molecule has 1 aromatic carbocycles. The summed E-state index contributed by atoms with van der Waals surface area (Å²) in [6.45, 7) is 8.83. The van der Waals surface area contributed by atoms with Gasteiger partial charge >= 0.3 is 0 Å². The fourth-order valence-corrected chi connectivity index (χ4v) is 3.38. The molecule has 1 aromatic heterocycles. The lowest BCUT2D eigenvalue weighted by atomic mass is 10.2. The molecule has 1 fully saturated rings. The third-order valence-corrected chi connectivity index (χ3v) is 5.02. The summed E-state index contributed by atoms with van der Waals surface area (Å²) in [5, 5.41) is 3.42. The topological polar surface area (TPSA) is 62.2 Å². The van der Waals surface area contributed by atoms with Crippen molar-refractivity contribution in [2.24, 2.45) is 4.99 Å². The summed E-state index contributed by atoms with van der Waals surface area (Å²) < 4.78 is 11.0. The van der Waals surface area contributed by atoms with Gasteiger partial charge in [-0.3, -0.25) is 4.99 Å². The Hall–Kier alpha value is -2.80. The molecule has 0 radical (unpaired) electrons. The number of pyridine rings is 1. The second-order valence-corrected chi connectivity index (χ2v) is 7.15. The summed E-state index contributed by atoms with van der Waals surface area (Å²) in [4.78, 5) is 13.9. The smallest absolute Gasteiger partial charge is 0.194 e. The van der Waals surface area contributed by atoms with E-state index in [1.165, 1.54) is 0 Å². The number of hydrogen-bond donors (Lipinski definition) is 1. The van der Waals surface area contributed by atoms with Gasteiger partial charge in [-0.1, -0.05) is 18.2 Å². The lowest BCUT2D eigenvalue weighted by Crippen LogP contribution is -2.52. The zero-order valence-corrected chi connectivity index (χ0v) is 18.1. The van der Waals surface area contributed by atoms with Crippen LogP contribution in [-0.2, 0) is 11.3 Å². The van der Waals surface area contributed by atoms with E-state index in [4.69, 9.17) is 14.5 Å². The molecule has 162 valence electrons. The van der Waals surface area contributed by atoms with E-state index < -0.39 is 0 Å². The maximum absolute atomic E-state index is 5.79. The van der Waals surface area contributed by atoms with Crippen LogP contribution in [0.25, 0.3) is 0 Å². The Bertz CT molecular complexity index is 759. The zero-order valence-electron chi connectivity index (χ0n) is 18.1. The van der Waals surface area contributed by atoms with Crippen LogP contribution >= 0.6 is 0 Å². The number of methoxy groups -OCH3 is 1. The maximum atomic E-state index is 5.79. The summed E-state index contributed by atoms with van der Waals surface area (Å²) in [6, 6.07) is 14.0. The average Bonchev–Trinajstić information content (AvgIpc) is 2.81. The van der Waals surface area contributed by atoms with Crippen LogP contribution in [0.2, 0.25) is 0 Å². The first-order chi connectivity index (χ1) is 14.8. The molecule has 0 aliphatic carbocycles. The Morgan fingerprint density at radius 3 is 2.57 bits per heavy atom. The number of piperazine rings is 1. The van der Waals surface area contributed by atoms with Crippen molar-refractivity contribution in [2.45, 2.75) is 20.0 Å². The standard InChI is InChI=1S/C23H33N5O2/c1-3-24-23(28-16-14-27(15-17-28)22-7-4-5-12-25-22)26-13-6-18-30-19-20-8-10-21(29-2)11-9-20/h4-5,7-12H,3,6,13-19H2,1-2H3,(H,24,26). The molecule has 0 unspecified atom stereocenters. The second kappa shape index (κ2) is 12.0. The van der Waals surface area contributed by atoms with Crippen molar-refractivity contribution in [3.8, 4) is 5.75 Å². The maximum Gasteiger partial charge on any atom is 0.194 e. The number of anilines is 1. The van der Waals surface area contributed by atoms with Crippen LogP contribution in [0.1, 0.15) is 18.9 Å². The Morgan fingerprint density at radius 1 is 1.10 bits per heavy atom. The van der Waals surface area contributed by atoms with Gasteiger partial charge in [0, 0.05) is 52.1 Å². The second-order valence-electron chi connectivity index (χ2n) is 7.15. The normalized spacial score (nSPS) is 14.7. The van der Waals surface area contributed by atoms with Crippen molar-refractivity contribution in [3.05, 3.63) is 54.2 Å². The highest BCUT2D eigenvalue weighted by Gasteiger charge is 2.20. The van der Waals surface area contributed by atoms with Crippen molar-refractivity contribution in [1.29, 1.82) is 0 Å². The number of aromatic nitrogens is 1. The van der Waals surface area contributed by atoms with Gasteiger partial charge in [0.15, 0.2) is 5.96 Å². The highest BCUT2D eigenvalue weighted by Crippen LogP contribution is 2.13. The fourth-order valence-electron chi connectivity index (χ4n) is 3.38. The summed E-state index contributed by atoms with van der Waals surface area (Å²) in [6.07, 6.45) is 2.75. The van der Waals surface area contributed by atoms with Crippen LogP contribution in [-0.4, -0.2) is 68.8 Å². The van der Waals surface area contributed by atoms with Gasteiger partial charge in [-0.15, -0.1) is 0 Å². The van der Waals surface area contributed by atoms with Gasteiger partial charge < -0.3 is 24.6 Å². The van der Waals surface area contributed by atoms with Crippen molar-refractivity contribution < 1.29 is 9.47 Å². The molecule has 0 saturated carbocycles. The highest BCUT2D eigenvalue weighted by atomic mass is 16.5. The summed E-state index contributed by atoms with van der Waals surface area (Å²) in [5.74, 6) is 2.91. The van der Waals surface area contributed by atoms with Crippen LogP contribution in [0.15, 0.2) is 53.7 Å². The molecule has 0 spiro atoms. The summed E-state index contributed by atoms with van der Waals surface area (Å²) in [7, 11) is 1.67. The highest BCUT2D eigenvalue weighted by molar-refractivity contribution is 5.80. The van der Waals surface area contributed by atoms with Gasteiger partial charge in [0.2, 0.25) is 0 Å². The molecule has 7 heteroatoms. The SMILES string of the molecule is CCNC(=NCCCOCc1ccc(OC)cc1)N1CCN(c2ccccn2)CC1. The molecule has 1 N–H and O–H groups in total. The largest absolute Gasteiger partial charge is 0.497 e. The Morgan fingerprint density at radius 2 is 1.90 bits per heavy atom. The predicted molar refractivity (Wildman–Crippen MR) is 121 cm³/mol. The molecule has 1 aliphatic heterocycles. The van der Waals surface area contributed by atoms with Crippen LogP contribution in [0.5, 0.6) is 5.75 Å². The Balaban J connectivity index is 1.39. The minimum atomic E-state index is 0.614. The number of rotatable bonds is 9. The molecule has 1 saturated heterocycles.